The summed E-state index contributed by atoms with van der Waals surface area (Å²) in [6.07, 6.45) is 3.01. The summed E-state index contributed by atoms with van der Waals surface area (Å²) in [4.78, 5) is 24.0. The van der Waals surface area contributed by atoms with Crippen molar-refractivity contribution in [1.82, 2.24) is 10.2 Å². The molecule has 0 unspecified atom stereocenters. The number of carbonyl (C=O) groups excluding carboxylic acids is 2. The van der Waals surface area contributed by atoms with Crippen molar-refractivity contribution in [2.45, 2.75) is 24.8 Å². The van der Waals surface area contributed by atoms with Crippen LogP contribution in [-0.2, 0) is 4.79 Å². The fourth-order valence-electron chi connectivity index (χ4n) is 2.52. The van der Waals surface area contributed by atoms with Gasteiger partial charge in [-0.25, -0.2) is 0 Å². The smallest absolute Gasteiger partial charge is 0.224 e. The predicted molar refractivity (Wildman–Crippen MR) is 105 cm³/mol. The first kappa shape index (κ1) is 18.1. The monoisotopic (exact) mass is 365 g/mol. The number of benzene rings is 2. The van der Waals surface area contributed by atoms with Crippen LogP contribution in [0.25, 0.3) is 10.8 Å². The second kappa shape index (κ2) is 8.58. The number of aromatic nitrogens is 2. The van der Waals surface area contributed by atoms with Gasteiger partial charge < -0.3 is 5.32 Å². The van der Waals surface area contributed by atoms with Crippen LogP contribution in [0.3, 0.4) is 0 Å². The number of amides is 1. The molecule has 0 atom stereocenters. The van der Waals surface area contributed by atoms with Crippen molar-refractivity contribution in [2.75, 3.05) is 11.1 Å². The van der Waals surface area contributed by atoms with E-state index in [-0.39, 0.29) is 17.4 Å². The van der Waals surface area contributed by atoms with E-state index in [4.69, 9.17) is 0 Å². The molecule has 0 fully saturated rings. The average molecular weight is 365 g/mol. The van der Waals surface area contributed by atoms with E-state index in [0.717, 1.165) is 22.2 Å². The van der Waals surface area contributed by atoms with Gasteiger partial charge in [-0.3, -0.25) is 9.59 Å². The molecule has 0 aliphatic carbocycles. The number of nitrogens with one attached hydrogen (secondary N) is 1. The molecule has 2 aromatic carbocycles. The Morgan fingerprint density at radius 2 is 1.85 bits per heavy atom. The standard InChI is InChI=1S/C20H19N3O2S/c1-2-5-19(25)22-16-10-8-14(9-11-16)18(24)13-26-20-17-7-4-3-6-15(17)12-21-23-20/h3-4,6-12H,2,5,13H2,1H3,(H,22,25). The summed E-state index contributed by atoms with van der Waals surface area (Å²) >= 11 is 1.38. The van der Waals surface area contributed by atoms with Crippen LogP contribution in [0.5, 0.6) is 0 Å². The summed E-state index contributed by atoms with van der Waals surface area (Å²) in [5, 5.41) is 13.7. The molecule has 1 amide bonds. The molecule has 1 heterocycles. The lowest BCUT2D eigenvalue weighted by Gasteiger charge is -2.06. The average Bonchev–Trinajstić information content (AvgIpc) is 2.67. The summed E-state index contributed by atoms with van der Waals surface area (Å²) in [5.74, 6) is 0.275. The van der Waals surface area contributed by atoms with E-state index >= 15 is 0 Å². The van der Waals surface area contributed by atoms with Crippen molar-refractivity contribution in [3.05, 3.63) is 60.3 Å². The van der Waals surface area contributed by atoms with Gasteiger partial charge in [0.2, 0.25) is 5.91 Å². The number of Topliss-reactive ketones (excluding diaryl/α,β-unsaturated/α-hetero) is 1. The van der Waals surface area contributed by atoms with Crippen molar-refractivity contribution in [3.8, 4) is 0 Å². The third-order valence-corrected chi connectivity index (χ3v) is 4.83. The van der Waals surface area contributed by atoms with Crippen LogP contribution in [0.4, 0.5) is 5.69 Å². The summed E-state index contributed by atoms with van der Waals surface area (Å²) in [7, 11) is 0. The molecule has 3 rings (SSSR count). The Morgan fingerprint density at radius 1 is 1.08 bits per heavy atom. The third kappa shape index (κ3) is 4.46. The lowest BCUT2D eigenvalue weighted by Crippen LogP contribution is -2.10. The van der Waals surface area contributed by atoms with E-state index in [1.54, 1.807) is 30.5 Å². The molecule has 0 saturated carbocycles. The van der Waals surface area contributed by atoms with E-state index < -0.39 is 0 Å². The molecule has 0 bridgehead atoms. The van der Waals surface area contributed by atoms with Gasteiger partial charge in [0.15, 0.2) is 5.78 Å². The van der Waals surface area contributed by atoms with Gasteiger partial charge in [0.05, 0.1) is 11.9 Å². The molecule has 0 spiro atoms. The van der Waals surface area contributed by atoms with Crippen LogP contribution in [-0.4, -0.2) is 27.6 Å². The van der Waals surface area contributed by atoms with Crippen molar-refractivity contribution in [1.29, 1.82) is 0 Å². The quantitative estimate of drug-likeness (QED) is 0.498. The normalized spacial score (nSPS) is 10.7. The maximum Gasteiger partial charge on any atom is 0.224 e. The number of hydrogen-bond acceptors (Lipinski definition) is 5. The van der Waals surface area contributed by atoms with Gasteiger partial charge in [-0.05, 0) is 30.7 Å². The first-order valence-corrected chi connectivity index (χ1v) is 9.42. The largest absolute Gasteiger partial charge is 0.326 e. The molecule has 6 heteroatoms. The van der Waals surface area contributed by atoms with Crippen LogP contribution >= 0.6 is 11.8 Å². The van der Waals surface area contributed by atoms with Gasteiger partial charge in [-0.2, -0.15) is 5.10 Å². The number of rotatable bonds is 7. The Hall–Kier alpha value is -2.73. The van der Waals surface area contributed by atoms with Crippen LogP contribution in [0.15, 0.2) is 59.8 Å². The molecule has 0 aliphatic heterocycles. The highest BCUT2D eigenvalue weighted by molar-refractivity contribution is 8.00. The second-order valence-corrected chi connectivity index (χ2v) is 6.79. The zero-order chi connectivity index (χ0) is 18.4. The van der Waals surface area contributed by atoms with Gasteiger partial charge in [0, 0.05) is 28.4 Å². The molecule has 3 aromatic rings. The Kier molecular flexibility index (Phi) is 5.96. The molecular formula is C20H19N3O2S. The highest BCUT2D eigenvalue weighted by Gasteiger charge is 2.10. The number of thioether (sulfide) groups is 1. The number of hydrogen-bond donors (Lipinski definition) is 1. The minimum atomic E-state index is -0.0170. The van der Waals surface area contributed by atoms with Gasteiger partial charge in [0.25, 0.3) is 0 Å². The molecule has 1 aromatic heterocycles. The molecule has 0 saturated heterocycles. The van der Waals surface area contributed by atoms with Crippen molar-refractivity contribution in [2.24, 2.45) is 0 Å². The maximum absolute atomic E-state index is 12.4. The van der Waals surface area contributed by atoms with Crippen molar-refractivity contribution >= 4 is 39.9 Å². The highest BCUT2D eigenvalue weighted by Crippen LogP contribution is 2.25. The van der Waals surface area contributed by atoms with Crippen molar-refractivity contribution < 1.29 is 9.59 Å². The summed E-state index contributed by atoms with van der Waals surface area (Å²) in [5.41, 5.74) is 1.31. The van der Waals surface area contributed by atoms with Crippen LogP contribution < -0.4 is 5.32 Å². The lowest BCUT2D eigenvalue weighted by atomic mass is 10.1. The molecule has 1 N–H and O–H groups in total. The Labute approximate surface area is 156 Å². The minimum absolute atomic E-state index is 0.0103. The fraction of sp³-hybridized carbons (Fsp3) is 0.200. The van der Waals surface area contributed by atoms with Crippen molar-refractivity contribution in [3.63, 3.8) is 0 Å². The number of nitrogens with zero attached hydrogens (tertiary/aromatic N) is 2. The van der Waals surface area contributed by atoms with Gasteiger partial charge in [-0.1, -0.05) is 43.0 Å². The van der Waals surface area contributed by atoms with Crippen LogP contribution in [0.1, 0.15) is 30.1 Å². The number of ketones is 1. The predicted octanol–water partition coefficient (Wildman–Crippen LogP) is 4.34. The van der Waals surface area contributed by atoms with E-state index in [0.29, 0.717) is 17.7 Å². The zero-order valence-electron chi connectivity index (χ0n) is 14.4. The summed E-state index contributed by atoms with van der Waals surface area (Å²) in [6, 6.07) is 14.8. The topological polar surface area (TPSA) is 72.0 Å². The van der Waals surface area contributed by atoms with Gasteiger partial charge >= 0.3 is 0 Å². The minimum Gasteiger partial charge on any atom is -0.326 e. The molecular weight excluding hydrogens is 346 g/mol. The third-order valence-electron chi connectivity index (χ3n) is 3.84. The molecule has 0 radical (unpaired) electrons. The van der Waals surface area contributed by atoms with Crippen LogP contribution in [0, 0.1) is 0 Å². The molecule has 26 heavy (non-hydrogen) atoms. The summed E-state index contributed by atoms with van der Waals surface area (Å²) < 4.78 is 0. The van der Waals surface area contributed by atoms with E-state index in [1.807, 2.05) is 31.2 Å². The fourth-order valence-corrected chi connectivity index (χ4v) is 3.40. The first-order chi connectivity index (χ1) is 12.7. The maximum atomic E-state index is 12.4. The SMILES string of the molecule is CCCC(=O)Nc1ccc(C(=O)CSc2nncc3ccccc23)cc1. The van der Waals surface area contributed by atoms with Crippen LogP contribution in [0.2, 0.25) is 0 Å². The first-order valence-electron chi connectivity index (χ1n) is 8.43. The second-order valence-electron chi connectivity index (χ2n) is 5.82. The van der Waals surface area contributed by atoms with E-state index in [1.165, 1.54) is 11.8 Å². The molecule has 0 aliphatic rings. The zero-order valence-corrected chi connectivity index (χ0v) is 15.3. The van der Waals surface area contributed by atoms with Gasteiger partial charge in [0.1, 0.15) is 5.03 Å². The van der Waals surface area contributed by atoms with Gasteiger partial charge in [-0.15, -0.1) is 5.10 Å². The highest BCUT2D eigenvalue weighted by atomic mass is 32.2. The van der Waals surface area contributed by atoms with E-state index in [9.17, 15) is 9.59 Å². The van der Waals surface area contributed by atoms with E-state index in [2.05, 4.69) is 15.5 Å². The summed E-state index contributed by atoms with van der Waals surface area (Å²) in [6.45, 7) is 1.96. The number of fused-ring (bicyclic) bond motifs is 1. The number of anilines is 1. The lowest BCUT2D eigenvalue weighted by molar-refractivity contribution is -0.116. The molecule has 132 valence electrons. The number of carbonyl (C=O) groups is 2. The molecule has 5 nitrogen and oxygen atoms in total. The Bertz CT molecular complexity index is 920. The Morgan fingerprint density at radius 3 is 2.62 bits per heavy atom. The Balaban J connectivity index is 1.64.